The quantitative estimate of drug-likeness (QED) is 0.160. The first-order valence-corrected chi connectivity index (χ1v) is 16.0. The Morgan fingerprint density at radius 2 is 1.38 bits per heavy atom. The smallest absolute Gasteiger partial charge is 0.244 e. The van der Waals surface area contributed by atoms with Gasteiger partial charge in [-0.1, -0.05) is 12.1 Å². The van der Waals surface area contributed by atoms with Crippen LogP contribution in [-0.4, -0.2) is 45.4 Å². The van der Waals surface area contributed by atoms with Crippen LogP contribution in [-0.2, 0) is 22.0 Å². The number of rotatable bonds is 9. The molecule has 2 rings (SSSR count). The molecule has 0 saturated carbocycles. The molecule has 40 heavy (non-hydrogen) atoms. The van der Waals surface area contributed by atoms with Gasteiger partial charge in [0.25, 0.3) is 5.92 Å². The molecule has 0 aromatic carbocycles. The number of pyridine rings is 2. The molecule has 0 bridgehead atoms. The molecule has 0 spiro atoms. The molecule has 2 aromatic rings. The summed E-state index contributed by atoms with van der Waals surface area (Å²) in [6.07, 6.45) is -1.06. The molecular formula is C26H36Br2F4N4O2S2. The SMILES string of the molecule is CC(F)(F)CC(=N[S@](=O)C(C)(C)C)c1cccc(Br)n1.CC(F)(F)C[C@H](N[S@](=O)C(C)(C)C)c1cccc(Br)n1. The lowest BCUT2D eigenvalue weighted by Crippen LogP contribution is -2.37. The molecule has 3 atom stereocenters. The third kappa shape index (κ3) is 14.7. The average Bonchev–Trinajstić information content (AvgIpc) is 2.75. The highest BCUT2D eigenvalue weighted by atomic mass is 79.9. The van der Waals surface area contributed by atoms with E-state index in [2.05, 4.69) is 50.9 Å². The molecule has 2 heterocycles. The van der Waals surface area contributed by atoms with Crippen molar-refractivity contribution >= 4 is 59.5 Å². The number of hydrogen-bond acceptors (Lipinski definition) is 4. The maximum atomic E-state index is 13.3. The topological polar surface area (TPSA) is 84.3 Å². The van der Waals surface area contributed by atoms with E-state index < -0.39 is 62.2 Å². The van der Waals surface area contributed by atoms with Gasteiger partial charge in [0.15, 0.2) is 0 Å². The lowest BCUT2D eigenvalue weighted by Gasteiger charge is -2.25. The number of nitrogens with zero attached hydrogens (tertiary/aromatic N) is 3. The van der Waals surface area contributed by atoms with Gasteiger partial charge in [0.05, 0.1) is 50.0 Å². The van der Waals surface area contributed by atoms with Crippen molar-refractivity contribution in [2.24, 2.45) is 4.40 Å². The lowest BCUT2D eigenvalue weighted by atomic mass is 10.1. The summed E-state index contributed by atoms with van der Waals surface area (Å²) < 4.78 is 84.1. The van der Waals surface area contributed by atoms with Crippen LogP contribution >= 0.6 is 31.9 Å². The Hall–Kier alpha value is -1.09. The zero-order valence-corrected chi connectivity index (χ0v) is 28.5. The predicted molar refractivity (Wildman–Crippen MR) is 163 cm³/mol. The zero-order valence-electron chi connectivity index (χ0n) is 23.7. The molecule has 0 aliphatic carbocycles. The molecule has 14 heteroatoms. The van der Waals surface area contributed by atoms with E-state index in [9.17, 15) is 26.0 Å². The Morgan fingerprint density at radius 1 is 0.850 bits per heavy atom. The van der Waals surface area contributed by atoms with E-state index in [0.717, 1.165) is 13.8 Å². The van der Waals surface area contributed by atoms with Crippen molar-refractivity contribution in [1.29, 1.82) is 0 Å². The summed E-state index contributed by atoms with van der Waals surface area (Å²) in [6, 6.07) is 9.25. The number of aromatic nitrogens is 2. The molecule has 0 radical (unpaired) electrons. The first-order valence-electron chi connectivity index (χ1n) is 12.2. The standard InChI is InChI=1S/C13H19BrF2N2OS.C13H17BrF2N2OS/c2*1-12(2,3)20(19)18-10(8-13(4,15)16)9-6-5-7-11(14)17-9/h5-7,10,18H,8H2,1-4H3;5-7H,8H2,1-4H3/t10-,20+;20-/m01/s1. The fraction of sp³-hybridized carbons (Fsp3) is 0.577. The van der Waals surface area contributed by atoms with Crippen molar-refractivity contribution in [2.75, 3.05) is 0 Å². The van der Waals surface area contributed by atoms with Crippen molar-refractivity contribution in [3.63, 3.8) is 0 Å². The van der Waals surface area contributed by atoms with E-state index in [0.29, 0.717) is 20.6 Å². The summed E-state index contributed by atoms with van der Waals surface area (Å²) in [5.41, 5.74) is 0.795. The second kappa shape index (κ2) is 14.9. The van der Waals surface area contributed by atoms with Crippen LogP contribution in [0.3, 0.4) is 0 Å². The molecule has 0 unspecified atom stereocenters. The van der Waals surface area contributed by atoms with Crippen LogP contribution in [0.5, 0.6) is 0 Å². The van der Waals surface area contributed by atoms with Gasteiger partial charge < -0.3 is 0 Å². The van der Waals surface area contributed by atoms with Crippen LogP contribution in [0.4, 0.5) is 17.6 Å². The van der Waals surface area contributed by atoms with Crippen LogP contribution in [0.25, 0.3) is 0 Å². The zero-order chi connectivity index (χ0) is 31.1. The molecule has 1 N–H and O–H groups in total. The summed E-state index contributed by atoms with van der Waals surface area (Å²) in [4.78, 5) is 8.29. The predicted octanol–water partition coefficient (Wildman–Crippen LogP) is 8.12. The van der Waals surface area contributed by atoms with Crippen molar-refractivity contribution < 1.29 is 26.0 Å². The highest BCUT2D eigenvalue weighted by Crippen LogP contribution is 2.29. The number of halogens is 6. The van der Waals surface area contributed by atoms with Crippen molar-refractivity contribution in [1.82, 2.24) is 14.7 Å². The van der Waals surface area contributed by atoms with E-state index in [1.807, 2.05) is 0 Å². The van der Waals surface area contributed by atoms with Crippen LogP contribution in [0.15, 0.2) is 50.0 Å². The van der Waals surface area contributed by atoms with Gasteiger partial charge in [-0.05, 0) is 112 Å². The van der Waals surface area contributed by atoms with Gasteiger partial charge >= 0.3 is 0 Å². The van der Waals surface area contributed by atoms with Crippen molar-refractivity contribution in [3.8, 4) is 0 Å². The fourth-order valence-electron chi connectivity index (χ4n) is 2.76. The largest absolute Gasteiger partial charge is 0.251 e. The van der Waals surface area contributed by atoms with Crippen molar-refractivity contribution in [3.05, 3.63) is 57.0 Å². The van der Waals surface area contributed by atoms with Crippen LogP contribution in [0, 0.1) is 0 Å². The van der Waals surface area contributed by atoms with Crippen LogP contribution in [0.2, 0.25) is 0 Å². The summed E-state index contributed by atoms with van der Waals surface area (Å²) >= 11 is 6.40. The molecule has 0 amide bonds. The van der Waals surface area contributed by atoms with Crippen LogP contribution in [0.1, 0.15) is 85.7 Å². The van der Waals surface area contributed by atoms with Gasteiger partial charge in [0.2, 0.25) is 5.92 Å². The molecule has 226 valence electrons. The molecule has 6 nitrogen and oxygen atoms in total. The van der Waals surface area contributed by atoms with E-state index >= 15 is 0 Å². The molecule has 0 aliphatic heterocycles. The second-order valence-electron chi connectivity index (χ2n) is 11.2. The van der Waals surface area contributed by atoms with Gasteiger partial charge in [0.1, 0.15) is 20.2 Å². The minimum atomic E-state index is -2.94. The Labute approximate surface area is 256 Å². The molecule has 0 fully saturated rings. The third-order valence-electron chi connectivity index (χ3n) is 4.67. The Bertz CT molecular complexity index is 1210. The maximum Gasteiger partial charge on any atom is 0.251 e. The molecule has 2 aromatic heterocycles. The Balaban J connectivity index is 0.000000400. The number of hydrogen-bond donors (Lipinski definition) is 1. The van der Waals surface area contributed by atoms with E-state index in [1.165, 1.54) is 0 Å². The lowest BCUT2D eigenvalue weighted by molar-refractivity contribution is 0.00426. The summed E-state index contributed by atoms with van der Waals surface area (Å²) in [7, 11) is -3.06. The van der Waals surface area contributed by atoms with Gasteiger partial charge in [-0.25, -0.2) is 40.7 Å². The third-order valence-corrected chi connectivity index (χ3v) is 8.60. The second-order valence-corrected chi connectivity index (χ2v) is 16.7. The van der Waals surface area contributed by atoms with E-state index in [-0.39, 0.29) is 5.71 Å². The number of alkyl halides is 4. The summed E-state index contributed by atoms with van der Waals surface area (Å²) in [5.74, 6) is -5.81. The summed E-state index contributed by atoms with van der Waals surface area (Å²) in [6.45, 7) is 12.2. The van der Waals surface area contributed by atoms with Gasteiger partial charge in [-0.15, -0.1) is 0 Å². The molecule has 0 aliphatic rings. The Morgan fingerprint density at radius 3 is 1.80 bits per heavy atom. The summed E-state index contributed by atoms with van der Waals surface area (Å²) in [5, 5.41) is 0. The number of nitrogens with one attached hydrogen (secondary N) is 1. The van der Waals surface area contributed by atoms with Gasteiger partial charge in [-0.3, -0.25) is 0 Å². The highest BCUT2D eigenvalue weighted by Gasteiger charge is 2.32. The molecule has 0 saturated heterocycles. The van der Waals surface area contributed by atoms with Crippen molar-refractivity contribution in [2.45, 2.75) is 95.6 Å². The van der Waals surface area contributed by atoms with Gasteiger partial charge in [-0.2, -0.15) is 4.40 Å². The fourth-order valence-corrected chi connectivity index (χ4v) is 4.91. The first kappa shape index (κ1) is 36.9. The minimum absolute atomic E-state index is 0.0482. The molecular weight excluding hydrogens is 700 g/mol. The van der Waals surface area contributed by atoms with Crippen LogP contribution < -0.4 is 4.72 Å². The average molecular weight is 737 g/mol. The van der Waals surface area contributed by atoms with E-state index in [1.54, 1.807) is 77.9 Å². The van der Waals surface area contributed by atoms with Gasteiger partial charge in [0, 0.05) is 6.42 Å². The normalized spacial score (nSPS) is 15.6. The first-order chi connectivity index (χ1) is 18.0. The monoisotopic (exact) mass is 734 g/mol. The maximum absolute atomic E-state index is 13.3. The Kier molecular flexibility index (Phi) is 13.7. The highest BCUT2D eigenvalue weighted by molar-refractivity contribution is 9.10. The minimum Gasteiger partial charge on any atom is -0.244 e. The van der Waals surface area contributed by atoms with E-state index in [4.69, 9.17) is 0 Å².